The first-order chi connectivity index (χ1) is 10.7. The smallest absolute Gasteiger partial charge is 0.171 e. The molecule has 0 amide bonds. The average Bonchev–Trinajstić information content (AvgIpc) is 2.62. The molecule has 3 heteroatoms. The van der Waals surface area contributed by atoms with Gasteiger partial charge in [0.2, 0.25) is 0 Å². The molecule has 110 valence electrons. The van der Waals surface area contributed by atoms with Gasteiger partial charge in [-0.2, -0.15) is 0 Å². The summed E-state index contributed by atoms with van der Waals surface area (Å²) in [6.07, 6.45) is 2.04. The standard InChI is InChI=1S/C19H17OPS/c1-22-19-14-8-13-18(15-19)21(20,16-9-4-2-5-10-16)17-11-6-3-7-12-17/h2-15H,1H3. The lowest BCUT2D eigenvalue weighted by molar-refractivity contribution is 0.592. The summed E-state index contributed by atoms with van der Waals surface area (Å²) in [6.45, 7) is 0. The second kappa shape index (κ2) is 6.56. The van der Waals surface area contributed by atoms with Gasteiger partial charge in [-0.3, -0.25) is 0 Å². The van der Waals surface area contributed by atoms with Crippen LogP contribution in [0.5, 0.6) is 0 Å². The van der Waals surface area contributed by atoms with Crippen molar-refractivity contribution in [2.45, 2.75) is 4.90 Å². The van der Waals surface area contributed by atoms with Crippen LogP contribution in [0.15, 0.2) is 89.8 Å². The molecule has 22 heavy (non-hydrogen) atoms. The Kier molecular flexibility index (Phi) is 4.52. The fourth-order valence-electron chi connectivity index (χ4n) is 2.53. The SMILES string of the molecule is CSc1cccc(P(=O)(c2ccccc2)c2ccccc2)c1. The van der Waals surface area contributed by atoms with Gasteiger partial charge in [0.15, 0.2) is 7.14 Å². The highest BCUT2D eigenvalue weighted by atomic mass is 32.2. The summed E-state index contributed by atoms with van der Waals surface area (Å²) in [5, 5.41) is 2.63. The summed E-state index contributed by atoms with van der Waals surface area (Å²) in [6, 6.07) is 27.6. The average molecular weight is 324 g/mol. The molecule has 0 aromatic heterocycles. The molecule has 0 radical (unpaired) electrons. The van der Waals surface area contributed by atoms with E-state index in [2.05, 4.69) is 6.07 Å². The van der Waals surface area contributed by atoms with Crippen LogP contribution in [0.2, 0.25) is 0 Å². The number of hydrogen-bond acceptors (Lipinski definition) is 2. The van der Waals surface area contributed by atoms with Crippen LogP contribution in [-0.4, -0.2) is 6.26 Å². The highest BCUT2D eigenvalue weighted by molar-refractivity contribution is 7.98. The van der Waals surface area contributed by atoms with Gasteiger partial charge in [0.05, 0.1) is 0 Å². The number of benzene rings is 3. The molecule has 0 bridgehead atoms. The van der Waals surface area contributed by atoms with Crippen LogP contribution in [0.3, 0.4) is 0 Å². The minimum atomic E-state index is -2.83. The van der Waals surface area contributed by atoms with Gasteiger partial charge < -0.3 is 4.57 Å². The van der Waals surface area contributed by atoms with Crippen LogP contribution in [0.1, 0.15) is 0 Å². The van der Waals surface area contributed by atoms with E-state index in [1.807, 2.05) is 85.1 Å². The lowest BCUT2D eigenvalue weighted by Gasteiger charge is -2.20. The van der Waals surface area contributed by atoms with Crippen molar-refractivity contribution in [2.24, 2.45) is 0 Å². The first-order valence-electron chi connectivity index (χ1n) is 7.11. The maximum absolute atomic E-state index is 14.1. The predicted octanol–water partition coefficient (Wildman–Crippen LogP) is 4.05. The summed E-state index contributed by atoms with van der Waals surface area (Å²) >= 11 is 1.67. The summed E-state index contributed by atoms with van der Waals surface area (Å²) < 4.78 is 14.1. The van der Waals surface area contributed by atoms with Crippen molar-refractivity contribution in [1.29, 1.82) is 0 Å². The Morgan fingerprint density at radius 3 is 1.68 bits per heavy atom. The molecule has 0 saturated heterocycles. The van der Waals surface area contributed by atoms with Crippen LogP contribution in [0.25, 0.3) is 0 Å². The highest BCUT2D eigenvalue weighted by Gasteiger charge is 2.29. The van der Waals surface area contributed by atoms with Crippen LogP contribution in [0.4, 0.5) is 0 Å². The van der Waals surface area contributed by atoms with Crippen molar-refractivity contribution in [3.05, 3.63) is 84.9 Å². The van der Waals surface area contributed by atoms with Gasteiger partial charge in [0, 0.05) is 20.8 Å². The summed E-state index contributed by atoms with van der Waals surface area (Å²) in [7, 11) is -2.83. The van der Waals surface area contributed by atoms with Gasteiger partial charge >= 0.3 is 0 Å². The Morgan fingerprint density at radius 1 is 0.682 bits per heavy atom. The molecule has 0 N–H and O–H groups in total. The summed E-state index contributed by atoms with van der Waals surface area (Å²) in [5.74, 6) is 0. The molecule has 0 aliphatic heterocycles. The molecule has 1 nitrogen and oxygen atoms in total. The van der Waals surface area contributed by atoms with Gasteiger partial charge in [-0.05, 0) is 18.4 Å². The predicted molar refractivity (Wildman–Crippen MR) is 97.6 cm³/mol. The molecule has 0 unspecified atom stereocenters. The van der Waals surface area contributed by atoms with Gasteiger partial charge in [0.1, 0.15) is 0 Å². The van der Waals surface area contributed by atoms with Crippen molar-refractivity contribution < 1.29 is 4.57 Å². The Morgan fingerprint density at radius 2 is 1.18 bits per heavy atom. The maximum atomic E-state index is 14.1. The maximum Gasteiger partial charge on any atom is 0.171 e. The molecular formula is C19H17OPS. The largest absolute Gasteiger partial charge is 0.309 e. The molecule has 3 aromatic rings. The van der Waals surface area contributed by atoms with E-state index >= 15 is 0 Å². The molecule has 0 fully saturated rings. The van der Waals surface area contributed by atoms with Crippen LogP contribution in [-0.2, 0) is 4.57 Å². The Labute approximate surface area is 135 Å². The Balaban J connectivity index is 2.26. The third kappa shape index (κ3) is 2.77. The molecule has 0 aliphatic rings. The lowest BCUT2D eigenvalue weighted by Crippen LogP contribution is -2.24. The van der Waals surface area contributed by atoms with Crippen molar-refractivity contribution >= 4 is 34.8 Å². The Hall–Kier alpha value is -1.76. The van der Waals surface area contributed by atoms with E-state index in [0.717, 1.165) is 20.8 Å². The lowest BCUT2D eigenvalue weighted by atomic mass is 10.3. The van der Waals surface area contributed by atoms with Crippen LogP contribution in [0, 0.1) is 0 Å². The zero-order valence-corrected chi connectivity index (χ0v) is 14.1. The molecule has 0 aliphatic carbocycles. The minimum absolute atomic E-state index is 0.874. The van der Waals surface area contributed by atoms with E-state index in [1.54, 1.807) is 11.8 Å². The third-order valence-electron chi connectivity index (χ3n) is 3.66. The molecular weight excluding hydrogens is 307 g/mol. The fraction of sp³-hybridized carbons (Fsp3) is 0.0526. The van der Waals surface area contributed by atoms with Crippen LogP contribution < -0.4 is 15.9 Å². The molecule has 0 spiro atoms. The number of hydrogen-bond donors (Lipinski definition) is 0. The van der Waals surface area contributed by atoms with Crippen molar-refractivity contribution in [2.75, 3.05) is 6.26 Å². The summed E-state index contributed by atoms with van der Waals surface area (Å²) in [5.41, 5.74) is 0. The first-order valence-corrected chi connectivity index (χ1v) is 10.0. The second-order valence-electron chi connectivity index (χ2n) is 4.98. The van der Waals surface area contributed by atoms with Gasteiger partial charge in [-0.1, -0.05) is 72.8 Å². The fourth-order valence-corrected chi connectivity index (χ4v) is 5.77. The second-order valence-corrected chi connectivity index (χ2v) is 8.63. The summed E-state index contributed by atoms with van der Waals surface area (Å²) in [4.78, 5) is 1.13. The van der Waals surface area contributed by atoms with E-state index in [0.29, 0.717) is 0 Å². The van der Waals surface area contributed by atoms with Gasteiger partial charge in [-0.15, -0.1) is 11.8 Å². The number of rotatable bonds is 4. The zero-order valence-electron chi connectivity index (χ0n) is 12.3. The molecule has 0 atom stereocenters. The van der Waals surface area contributed by atoms with Crippen molar-refractivity contribution in [3.8, 4) is 0 Å². The highest BCUT2D eigenvalue weighted by Crippen LogP contribution is 2.42. The van der Waals surface area contributed by atoms with E-state index in [-0.39, 0.29) is 0 Å². The van der Waals surface area contributed by atoms with E-state index in [4.69, 9.17) is 0 Å². The monoisotopic (exact) mass is 324 g/mol. The first kappa shape index (κ1) is 15.1. The van der Waals surface area contributed by atoms with Crippen molar-refractivity contribution in [3.63, 3.8) is 0 Å². The Bertz CT molecular complexity index is 756. The van der Waals surface area contributed by atoms with E-state index < -0.39 is 7.14 Å². The van der Waals surface area contributed by atoms with Gasteiger partial charge in [-0.25, -0.2) is 0 Å². The molecule has 3 rings (SSSR count). The molecule has 0 heterocycles. The van der Waals surface area contributed by atoms with Gasteiger partial charge in [0.25, 0.3) is 0 Å². The van der Waals surface area contributed by atoms with Crippen molar-refractivity contribution in [1.82, 2.24) is 0 Å². The zero-order chi connectivity index (χ0) is 15.4. The van der Waals surface area contributed by atoms with E-state index in [1.165, 1.54) is 0 Å². The molecule has 0 saturated carbocycles. The van der Waals surface area contributed by atoms with Crippen LogP contribution >= 0.6 is 18.9 Å². The van der Waals surface area contributed by atoms with E-state index in [9.17, 15) is 4.57 Å². The minimum Gasteiger partial charge on any atom is -0.309 e. The molecule has 3 aromatic carbocycles. The number of thioether (sulfide) groups is 1. The normalized spacial score (nSPS) is 11.3. The topological polar surface area (TPSA) is 17.1 Å². The third-order valence-corrected chi connectivity index (χ3v) is 7.44. The quantitative estimate of drug-likeness (QED) is 0.532.